The first-order valence-electron chi connectivity index (χ1n) is 9.99. The molecular formula is C23H27FN2O4. The third-order valence-electron chi connectivity index (χ3n) is 5.36. The van der Waals surface area contributed by atoms with E-state index in [4.69, 9.17) is 9.47 Å². The molecule has 0 bridgehead atoms. The largest absolute Gasteiger partial charge is 0.497 e. The smallest absolute Gasteiger partial charge is 0.254 e. The number of hydrogen-bond acceptors (Lipinski definition) is 4. The molecule has 0 radical (unpaired) electrons. The van der Waals surface area contributed by atoms with Gasteiger partial charge in [0, 0.05) is 44.8 Å². The maximum absolute atomic E-state index is 13.8. The predicted molar refractivity (Wildman–Crippen MR) is 111 cm³/mol. The second kappa shape index (κ2) is 10.2. The fourth-order valence-electron chi connectivity index (χ4n) is 3.81. The number of halogens is 1. The van der Waals surface area contributed by atoms with Crippen LogP contribution in [0.15, 0.2) is 48.5 Å². The fraction of sp³-hybridized carbons (Fsp3) is 0.391. The van der Waals surface area contributed by atoms with Gasteiger partial charge in [-0.2, -0.15) is 0 Å². The Morgan fingerprint density at radius 1 is 1.13 bits per heavy atom. The SMILES string of the molecule is COCCCNC(=O)[C@@H]1CN(C(=O)c2cccc(OC)c2)C[C@H]1c1cccc(F)c1. The summed E-state index contributed by atoms with van der Waals surface area (Å²) in [6, 6.07) is 13.2. The molecule has 2 amide bonds. The lowest BCUT2D eigenvalue weighted by Gasteiger charge is -2.18. The molecule has 2 aromatic carbocycles. The molecule has 1 saturated heterocycles. The Hall–Kier alpha value is -2.93. The average molecular weight is 414 g/mol. The lowest BCUT2D eigenvalue weighted by Crippen LogP contribution is -2.36. The predicted octanol–water partition coefficient (Wildman–Crippen LogP) is 2.84. The Morgan fingerprint density at radius 3 is 2.67 bits per heavy atom. The highest BCUT2D eigenvalue weighted by atomic mass is 19.1. The summed E-state index contributed by atoms with van der Waals surface area (Å²) in [5.74, 6) is -0.814. The highest BCUT2D eigenvalue weighted by Gasteiger charge is 2.40. The normalized spacial score (nSPS) is 18.3. The van der Waals surface area contributed by atoms with Gasteiger partial charge in [-0.3, -0.25) is 9.59 Å². The van der Waals surface area contributed by atoms with E-state index in [-0.39, 0.29) is 30.1 Å². The van der Waals surface area contributed by atoms with Gasteiger partial charge in [0.05, 0.1) is 13.0 Å². The van der Waals surface area contributed by atoms with Crippen molar-refractivity contribution in [1.82, 2.24) is 10.2 Å². The van der Waals surface area contributed by atoms with E-state index in [0.29, 0.717) is 43.0 Å². The molecule has 1 aliphatic rings. The van der Waals surface area contributed by atoms with E-state index >= 15 is 0 Å². The van der Waals surface area contributed by atoms with Crippen molar-refractivity contribution >= 4 is 11.8 Å². The monoisotopic (exact) mass is 414 g/mol. The highest BCUT2D eigenvalue weighted by Crippen LogP contribution is 2.34. The second-order valence-electron chi connectivity index (χ2n) is 7.35. The minimum atomic E-state index is -0.455. The molecular weight excluding hydrogens is 387 g/mol. The minimum Gasteiger partial charge on any atom is -0.497 e. The number of nitrogens with one attached hydrogen (secondary N) is 1. The number of hydrogen-bond donors (Lipinski definition) is 1. The van der Waals surface area contributed by atoms with Gasteiger partial charge in [0.25, 0.3) is 5.91 Å². The summed E-state index contributed by atoms with van der Waals surface area (Å²) in [6.45, 7) is 1.66. The van der Waals surface area contributed by atoms with Gasteiger partial charge in [0.2, 0.25) is 5.91 Å². The number of rotatable bonds is 8. The van der Waals surface area contributed by atoms with Crippen LogP contribution in [0.1, 0.15) is 28.3 Å². The van der Waals surface area contributed by atoms with Crippen molar-refractivity contribution in [3.05, 3.63) is 65.5 Å². The van der Waals surface area contributed by atoms with E-state index in [1.54, 1.807) is 55.5 Å². The van der Waals surface area contributed by atoms with Crippen LogP contribution in [-0.4, -0.2) is 57.2 Å². The van der Waals surface area contributed by atoms with Crippen molar-refractivity contribution in [3.63, 3.8) is 0 Å². The molecule has 6 nitrogen and oxygen atoms in total. The molecule has 0 spiro atoms. The van der Waals surface area contributed by atoms with E-state index in [2.05, 4.69) is 5.32 Å². The molecule has 3 rings (SSSR count). The third-order valence-corrected chi connectivity index (χ3v) is 5.36. The van der Waals surface area contributed by atoms with E-state index in [1.807, 2.05) is 0 Å². The van der Waals surface area contributed by atoms with Gasteiger partial charge < -0.3 is 19.7 Å². The summed E-state index contributed by atoms with van der Waals surface area (Å²) < 4.78 is 24.1. The molecule has 160 valence electrons. The number of methoxy groups -OCH3 is 2. The van der Waals surface area contributed by atoms with Gasteiger partial charge in [-0.05, 0) is 42.3 Å². The maximum atomic E-state index is 13.8. The molecule has 1 N–H and O–H groups in total. The number of amides is 2. The van der Waals surface area contributed by atoms with Gasteiger partial charge in [-0.25, -0.2) is 4.39 Å². The number of ether oxygens (including phenoxy) is 2. The number of benzene rings is 2. The fourth-order valence-corrected chi connectivity index (χ4v) is 3.81. The number of likely N-dealkylation sites (tertiary alicyclic amines) is 1. The van der Waals surface area contributed by atoms with E-state index in [0.717, 1.165) is 0 Å². The van der Waals surface area contributed by atoms with Crippen LogP contribution in [-0.2, 0) is 9.53 Å². The van der Waals surface area contributed by atoms with Crippen molar-refractivity contribution in [2.75, 3.05) is 40.5 Å². The first-order valence-corrected chi connectivity index (χ1v) is 9.99. The van der Waals surface area contributed by atoms with Gasteiger partial charge in [-0.15, -0.1) is 0 Å². The zero-order valence-electron chi connectivity index (χ0n) is 17.3. The van der Waals surface area contributed by atoms with Crippen molar-refractivity contribution in [2.45, 2.75) is 12.3 Å². The number of carbonyl (C=O) groups is 2. The molecule has 0 aliphatic carbocycles. The van der Waals surface area contributed by atoms with E-state index < -0.39 is 5.92 Å². The molecule has 2 atom stereocenters. The molecule has 1 fully saturated rings. The molecule has 0 saturated carbocycles. The molecule has 1 heterocycles. The van der Waals surface area contributed by atoms with Crippen molar-refractivity contribution < 1.29 is 23.5 Å². The first-order chi connectivity index (χ1) is 14.5. The molecule has 0 unspecified atom stereocenters. The van der Waals surface area contributed by atoms with Crippen LogP contribution < -0.4 is 10.1 Å². The van der Waals surface area contributed by atoms with Crippen molar-refractivity contribution in [3.8, 4) is 5.75 Å². The highest BCUT2D eigenvalue weighted by molar-refractivity contribution is 5.95. The van der Waals surface area contributed by atoms with Crippen LogP contribution in [0.5, 0.6) is 5.75 Å². The Balaban J connectivity index is 1.80. The van der Waals surface area contributed by atoms with Gasteiger partial charge >= 0.3 is 0 Å². The zero-order valence-corrected chi connectivity index (χ0v) is 17.3. The lowest BCUT2D eigenvalue weighted by molar-refractivity contribution is -0.124. The molecule has 0 aromatic heterocycles. The summed E-state index contributed by atoms with van der Waals surface area (Å²) in [5, 5.41) is 2.92. The Morgan fingerprint density at radius 2 is 1.93 bits per heavy atom. The Bertz CT molecular complexity index is 889. The molecule has 2 aromatic rings. The Kier molecular flexibility index (Phi) is 7.41. The van der Waals surface area contributed by atoms with E-state index in [9.17, 15) is 14.0 Å². The second-order valence-corrected chi connectivity index (χ2v) is 7.35. The average Bonchev–Trinajstić information content (AvgIpc) is 3.22. The molecule has 1 aliphatic heterocycles. The van der Waals surface area contributed by atoms with Gasteiger partial charge in [0.15, 0.2) is 0 Å². The quantitative estimate of drug-likeness (QED) is 0.675. The summed E-state index contributed by atoms with van der Waals surface area (Å²) in [7, 11) is 3.16. The van der Waals surface area contributed by atoms with Gasteiger partial charge in [-0.1, -0.05) is 18.2 Å². The van der Waals surface area contributed by atoms with Crippen molar-refractivity contribution in [2.24, 2.45) is 5.92 Å². The summed E-state index contributed by atoms with van der Waals surface area (Å²) >= 11 is 0. The summed E-state index contributed by atoms with van der Waals surface area (Å²) in [6.07, 6.45) is 0.700. The van der Waals surface area contributed by atoms with Crippen LogP contribution in [0, 0.1) is 11.7 Å². The molecule has 30 heavy (non-hydrogen) atoms. The van der Waals surface area contributed by atoms with Crippen LogP contribution in [0.3, 0.4) is 0 Å². The third kappa shape index (κ3) is 5.16. The van der Waals surface area contributed by atoms with E-state index in [1.165, 1.54) is 12.1 Å². The van der Waals surface area contributed by atoms with Crippen molar-refractivity contribution in [1.29, 1.82) is 0 Å². The van der Waals surface area contributed by atoms with Crippen LogP contribution in [0.2, 0.25) is 0 Å². The summed E-state index contributed by atoms with van der Waals surface area (Å²) in [4.78, 5) is 27.6. The zero-order chi connectivity index (χ0) is 21.5. The Labute approximate surface area is 176 Å². The molecule has 7 heteroatoms. The minimum absolute atomic E-state index is 0.138. The maximum Gasteiger partial charge on any atom is 0.254 e. The number of carbonyl (C=O) groups excluding carboxylic acids is 2. The number of nitrogens with zero attached hydrogens (tertiary/aromatic N) is 1. The lowest BCUT2D eigenvalue weighted by atomic mass is 9.88. The van der Waals surface area contributed by atoms with Gasteiger partial charge in [0.1, 0.15) is 11.6 Å². The standard InChI is InChI=1S/C23H27FN2O4/c1-29-11-5-10-25-22(27)21-15-26(14-20(21)16-6-3-8-18(24)12-16)23(28)17-7-4-9-19(13-17)30-2/h3-4,6-9,12-13,20-21H,5,10-11,14-15H2,1-2H3,(H,25,27)/t20-,21+/m0/s1. The van der Waals surface area contributed by atoms with Crippen LogP contribution >= 0.6 is 0 Å². The van der Waals surface area contributed by atoms with Crippen LogP contribution in [0.25, 0.3) is 0 Å². The first kappa shape index (κ1) is 21.8. The summed E-state index contributed by atoms with van der Waals surface area (Å²) in [5.41, 5.74) is 1.21. The van der Waals surface area contributed by atoms with Crippen LogP contribution in [0.4, 0.5) is 4.39 Å². The topological polar surface area (TPSA) is 67.9 Å².